The van der Waals surface area contributed by atoms with Crippen molar-refractivity contribution in [1.29, 1.82) is 0 Å². The first-order chi connectivity index (χ1) is 11.8. The number of nitrogens with zero attached hydrogens (tertiary/aromatic N) is 2. The van der Waals surface area contributed by atoms with E-state index in [1.807, 2.05) is 24.3 Å². The van der Waals surface area contributed by atoms with Crippen LogP contribution in [0.4, 0.5) is 11.4 Å². The van der Waals surface area contributed by atoms with Crippen LogP contribution in [0.25, 0.3) is 0 Å². The number of benzene rings is 2. The van der Waals surface area contributed by atoms with E-state index in [1.54, 1.807) is 7.11 Å². The Morgan fingerprint density at radius 3 is 2.68 bits per heavy atom. The maximum absolute atomic E-state index is 6.00. The lowest BCUT2D eigenvalue weighted by molar-refractivity contribution is 0.417. The molecule has 0 aliphatic carbocycles. The second-order valence-corrected chi connectivity index (χ2v) is 5.57. The van der Waals surface area contributed by atoms with Crippen LogP contribution in [-0.2, 0) is 6.54 Å². The molecule has 1 aliphatic rings. The van der Waals surface area contributed by atoms with Crippen LogP contribution in [-0.4, -0.2) is 26.2 Å². The molecule has 0 bridgehead atoms. The highest BCUT2D eigenvalue weighted by atomic mass is 127. The van der Waals surface area contributed by atoms with Crippen LogP contribution in [0.5, 0.6) is 5.75 Å². The van der Waals surface area contributed by atoms with Crippen LogP contribution in [0, 0.1) is 0 Å². The number of hydrogen-bond acceptors (Lipinski definition) is 3. The highest BCUT2D eigenvalue weighted by Crippen LogP contribution is 2.23. The largest absolute Gasteiger partial charge is 0.495 e. The topological polar surface area (TPSA) is 62.9 Å². The second-order valence-electron chi connectivity index (χ2n) is 5.57. The van der Waals surface area contributed by atoms with Crippen molar-refractivity contribution in [3.63, 3.8) is 0 Å². The van der Waals surface area contributed by atoms with E-state index in [1.165, 1.54) is 5.69 Å². The molecule has 3 rings (SSSR count). The Kier molecular flexibility index (Phi) is 7.12. The molecule has 0 fully saturated rings. The first-order valence-electron chi connectivity index (χ1n) is 7.95. The summed E-state index contributed by atoms with van der Waals surface area (Å²) >= 11 is 0. The van der Waals surface area contributed by atoms with E-state index >= 15 is 0 Å². The number of nitrogens with two attached hydrogens (primary N) is 1. The van der Waals surface area contributed by atoms with Crippen LogP contribution in [0.1, 0.15) is 5.56 Å². The van der Waals surface area contributed by atoms with Gasteiger partial charge in [0, 0.05) is 18.8 Å². The number of ether oxygens (including phenoxy) is 1. The molecule has 132 valence electrons. The molecular formula is C19H23IN4O. The van der Waals surface area contributed by atoms with Gasteiger partial charge < -0.3 is 20.7 Å². The SMILES string of the molecule is COc1ccccc1NC(N)=NCc1cccc(N2CC=CC2)c1.I. The standard InChI is InChI=1S/C19H22N4O.HI/c1-24-18-10-3-2-9-17(18)22-19(20)21-14-15-7-6-8-16(13-15)23-11-4-5-12-23;/h2-10,13H,11-12,14H2,1H3,(H3,20,21,22);1H. The fraction of sp³-hybridized carbons (Fsp3) is 0.211. The van der Waals surface area contributed by atoms with Gasteiger partial charge in [-0.05, 0) is 29.8 Å². The monoisotopic (exact) mass is 450 g/mol. The number of para-hydroxylation sites is 2. The minimum absolute atomic E-state index is 0. The number of nitrogens with one attached hydrogen (secondary N) is 1. The molecule has 1 aliphatic heterocycles. The Bertz CT molecular complexity index is 753. The zero-order valence-corrected chi connectivity index (χ0v) is 16.5. The van der Waals surface area contributed by atoms with Crippen molar-refractivity contribution in [2.75, 3.05) is 30.4 Å². The van der Waals surface area contributed by atoms with E-state index in [-0.39, 0.29) is 24.0 Å². The zero-order valence-electron chi connectivity index (χ0n) is 14.2. The Balaban J connectivity index is 0.00000225. The third kappa shape index (κ3) is 5.12. The van der Waals surface area contributed by atoms with Gasteiger partial charge in [0.25, 0.3) is 0 Å². The van der Waals surface area contributed by atoms with E-state index in [9.17, 15) is 0 Å². The van der Waals surface area contributed by atoms with Gasteiger partial charge in [0.05, 0.1) is 19.3 Å². The van der Waals surface area contributed by atoms with Gasteiger partial charge in [0.1, 0.15) is 5.75 Å². The fourth-order valence-electron chi connectivity index (χ4n) is 2.64. The normalized spacial score (nSPS) is 13.5. The molecule has 0 amide bonds. The first kappa shape index (κ1) is 19.1. The van der Waals surface area contributed by atoms with Gasteiger partial charge >= 0.3 is 0 Å². The molecular weight excluding hydrogens is 427 g/mol. The maximum atomic E-state index is 6.00. The average Bonchev–Trinajstić information content (AvgIpc) is 3.15. The number of guanidine groups is 1. The lowest BCUT2D eigenvalue weighted by Gasteiger charge is -2.18. The van der Waals surface area contributed by atoms with Gasteiger partial charge in [-0.15, -0.1) is 24.0 Å². The van der Waals surface area contributed by atoms with Gasteiger partial charge in [-0.2, -0.15) is 0 Å². The van der Waals surface area contributed by atoms with E-state index in [4.69, 9.17) is 10.5 Å². The van der Waals surface area contributed by atoms with Gasteiger partial charge in [0.15, 0.2) is 5.96 Å². The van der Waals surface area contributed by atoms with E-state index in [0.717, 1.165) is 30.1 Å². The fourth-order valence-corrected chi connectivity index (χ4v) is 2.64. The molecule has 0 radical (unpaired) electrons. The lowest BCUT2D eigenvalue weighted by Crippen LogP contribution is -2.23. The molecule has 2 aromatic rings. The second kappa shape index (κ2) is 9.31. The Morgan fingerprint density at radius 1 is 1.16 bits per heavy atom. The summed E-state index contributed by atoms with van der Waals surface area (Å²) in [6, 6.07) is 16.0. The smallest absolute Gasteiger partial charge is 0.193 e. The summed E-state index contributed by atoms with van der Waals surface area (Å²) in [6.07, 6.45) is 4.36. The first-order valence-corrected chi connectivity index (χ1v) is 7.95. The molecule has 0 unspecified atom stereocenters. The summed E-state index contributed by atoms with van der Waals surface area (Å²) in [5.41, 5.74) is 9.14. The van der Waals surface area contributed by atoms with Crippen LogP contribution in [0.2, 0.25) is 0 Å². The van der Waals surface area contributed by atoms with Crippen molar-refractivity contribution in [2.24, 2.45) is 10.7 Å². The highest BCUT2D eigenvalue weighted by molar-refractivity contribution is 14.0. The van der Waals surface area contributed by atoms with Crippen LogP contribution < -0.4 is 20.7 Å². The van der Waals surface area contributed by atoms with Gasteiger partial charge in [-0.1, -0.05) is 36.4 Å². The molecule has 0 saturated heterocycles. The lowest BCUT2D eigenvalue weighted by atomic mass is 10.2. The van der Waals surface area contributed by atoms with Crippen LogP contribution in [0.15, 0.2) is 65.7 Å². The number of anilines is 2. The molecule has 5 nitrogen and oxygen atoms in total. The van der Waals surface area contributed by atoms with Crippen LogP contribution >= 0.6 is 24.0 Å². The summed E-state index contributed by atoms with van der Waals surface area (Å²) in [7, 11) is 1.63. The zero-order chi connectivity index (χ0) is 16.8. The Labute approximate surface area is 165 Å². The minimum atomic E-state index is 0. The van der Waals surface area contributed by atoms with Crippen molar-refractivity contribution in [3.05, 3.63) is 66.2 Å². The van der Waals surface area contributed by atoms with E-state index in [0.29, 0.717) is 12.5 Å². The van der Waals surface area contributed by atoms with Gasteiger partial charge in [-0.3, -0.25) is 0 Å². The summed E-state index contributed by atoms with van der Waals surface area (Å²) in [5.74, 6) is 1.10. The Hall–Kier alpha value is -2.22. The predicted octanol–water partition coefficient (Wildman–Crippen LogP) is 3.62. The van der Waals surface area contributed by atoms with Crippen molar-refractivity contribution >= 4 is 41.3 Å². The summed E-state index contributed by atoms with van der Waals surface area (Å²) in [6.45, 7) is 2.46. The quantitative estimate of drug-likeness (QED) is 0.316. The molecule has 6 heteroatoms. The third-order valence-electron chi connectivity index (χ3n) is 3.90. The number of rotatable bonds is 5. The molecule has 0 spiro atoms. The molecule has 0 saturated carbocycles. The van der Waals surface area contributed by atoms with Gasteiger partial charge in [-0.25, -0.2) is 4.99 Å². The summed E-state index contributed by atoms with van der Waals surface area (Å²) < 4.78 is 5.30. The average molecular weight is 450 g/mol. The maximum Gasteiger partial charge on any atom is 0.193 e. The molecule has 0 atom stereocenters. The minimum Gasteiger partial charge on any atom is -0.495 e. The molecule has 3 N–H and O–H groups in total. The summed E-state index contributed by atoms with van der Waals surface area (Å²) in [5, 5.41) is 3.08. The third-order valence-corrected chi connectivity index (χ3v) is 3.90. The molecule has 1 heterocycles. The van der Waals surface area contributed by atoms with Crippen molar-refractivity contribution < 1.29 is 4.74 Å². The number of methoxy groups -OCH3 is 1. The summed E-state index contributed by atoms with van der Waals surface area (Å²) in [4.78, 5) is 6.74. The molecule has 0 aromatic heterocycles. The van der Waals surface area contributed by atoms with Crippen LogP contribution in [0.3, 0.4) is 0 Å². The Morgan fingerprint density at radius 2 is 1.92 bits per heavy atom. The number of hydrogen-bond donors (Lipinski definition) is 2. The van der Waals surface area contributed by atoms with Crippen molar-refractivity contribution in [1.82, 2.24) is 0 Å². The van der Waals surface area contributed by atoms with E-state index in [2.05, 4.69) is 51.6 Å². The predicted molar refractivity (Wildman–Crippen MR) is 115 cm³/mol. The number of aliphatic imine (C=N–C) groups is 1. The van der Waals surface area contributed by atoms with Gasteiger partial charge in [0.2, 0.25) is 0 Å². The van der Waals surface area contributed by atoms with Crippen molar-refractivity contribution in [2.45, 2.75) is 6.54 Å². The number of halogens is 1. The highest BCUT2D eigenvalue weighted by Gasteiger charge is 2.08. The molecule has 25 heavy (non-hydrogen) atoms. The molecule has 2 aromatic carbocycles. The van der Waals surface area contributed by atoms with Crippen molar-refractivity contribution in [3.8, 4) is 5.75 Å². The van der Waals surface area contributed by atoms with E-state index < -0.39 is 0 Å².